The molecule has 0 spiro atoms. The van der Waals surface area contributed by atoms with Crippen LogP contribution in [-0.2, 0) is 11.0 Å². The van der Waals surface area contributed by atoms with Crippen LogP contribution in [0.2, 0.25) is 0 Å². The Hall–Kier alpha value is -3.53. The molecule has 0 aliphatic carbocycles. The Morgan fingerprint density at radius 2 is 1.70 bits per heavy atom. The number of carbonyl (C=O) groups is 1. The fraction of sp³-hybridized carbons (Fsp3) is 0.407. The summed E-state index contributed by atoms with van der Waals surface area (Å²) in [5.74, 6) is 0.747. The van der Waals surface area contributed by atoms with Gasteiger partial charge in [-0.2, -0.15) is 13.2 Å². The second-order valence-electron chi connectivity index (χ2n) is 8.87. The van der Waals surface area contributed by atoms with E-state index in [0.717, 1.165) is 49.2 Å². The van der Waals surface area contributed by atoms with Gasteiger partial charge in [-0.25, -0.2) is 4.98 Å². The topological polar surface area (TPSA) is 83.0 Å². The fourth-order valence-electron chi connectivity index (χ4n) is 4.07. The van der Waals surface area contributed by atoms with E-state index in [1.165, 1.54) is 12.1 Å². The SMILES string of the molecule is CCC(=O)NC1CCN(c2cnc(-c3ccc(C(F)(F)F)cc3)c(-c3ccncc3C)n2)CC1.CNC. The number of amides is 1. The van der Waals surface area contributed by atoms with E-state index in [0.29, 0.717) is 29.2 Å². The molecule has 3 aromatic rings. The summed E-state index contributed by atoms with van der Waals surface area (Å²) in [5, 5.41) is 5.79. The van der Waals surface area contributed by atoms with Crippen molar-refractivity contribution in [1.29, 1.82) is 0 Å². The van der Waals surface area contributed by atoms with Crippen molar-refractivity contribution in [2.24, 2.45) is 0 Å². The molecule has 2 N–H and O–H groups in total. The molecule has 0 unspecified atom stereocenters. The van der Waals surface area contributed by atoms with E-state index in [1.807, 2.05) is 34.0 Å². The number of anilines is 1. The third-order valence-electron chi connectivity index (χ3n) is 6.03. The van der Waals surface area contributed by atoms with Crippen LogP contribution in [0.4, 0.5) is 19.0 Å². The van der Waals surface area contributed by atoms with Crippen molar-refractivity contribution in [3.05, 3.63) is 60.0 Å². The standard InChI is InChI=1S/C25H26F3N5O.C2H7N/c1-3-22(34)31-19-9-12-33(13-10-19)21-15-30-23(17-4-6-18(7-5-17)25(26,27)28)24(32-21)20-8-11-29-14-16(20)2;1-3-2/h4-8,11,14-15,19H,3,9-10,12-13H2,1-2H3,(H,31,34);3H,1-2H3. The van der Waals surface area contributed by atoms with Crippen molar-refractivity contribution in [2.75, 3.05) is 32.1 Å². The quantitative estimate of drug-likeness (QED) is 0.506. The Balaban J connectivity index is 0.00000121. The van der Waals surface area contributed by atoms with Crippen LogP contribution >= 0.6 is 0 Å². The van der Waals surface area contributed by atoms with Crippen molar-refractivity contribution in [3.8, 4) is 22.5 Å². The number of nitrogens with zero attached hydrogens (tertiary/aromatic N) is 4. The van der Waals surface area contributed by atoms with E-state index in [9.17, 15) is 18.0 Å². The van der Waals surface area contributed by atoms with Crippen LogP contribution in [0.5, 0.6) is 0 Å². The second kappa shape index (κ2) is 12.6. The first-order chi connectivity index (χ1) is 17.7. The van der Waals surface area contributed by atoms with Crippen LogP contribution in [0.15, 0.2) is 48.9 Å². The lowest BCUT2D eigenvalue weighted by Crippen LogP contribution is -2.44. The van der Waals surface area contributed by atoms with E-state index in [4.69, 9.17) is 4.98 Å². The lowest BCUT2D eigenvalue weighted by molar-refractivity contribution is -0.137. The van der Waals surface area contributed by atoms with Gasteiger partial charge >= 0.3 is 6.18 Å². The van der Waals surface area contributed by atoms with Crippen LogP contribution in [0.3, 0.4) is 0 Å². The Morgan fingerprint density at radius 1 is 1.05 bits per heavy atom. The Labute approximate surface area is 215 Å². The molecule has 0 bridgehead atoms. The molecule has 10 heteroatoms. The Kier molecular flexibility index (Phi) is 9.57. The molecule has 1 fully saturated rings. The van der Waals surface area contributed by atoms with E-state index in [2.05, 4.69) is 25.5 Å². The molecule has 0 radical (unpaired) electrons. The molecule has 1 aliphatic heterocycles. The minimum Gasteiger partial charge on any atom is -0.355 e. The van der Waals surface area contributed by atoms with Crippen molar-refractivity contribution >= 4 is 11.7 Å². The number of alkyl halides is 3. The number of rotatable bonds is 5. The number of hydrogen-bond acceptors (Lipinski definition) is 6. The molecule has 0 atom stereocenters. The molecule has 1 aliphatic rings. The average molecular weight is 515 g/mol. The van der Waals surface area contributed by atoms with Crippen LogP contribution in [-0.4, -0.2) is 54.1 Å². The van der Waals surface area contributed by atoms with Crippen molar-refractivity contribution in [3.63, 3.8) is 0 Å². The van der Waals surface area contributed by atoms with Gasteiger partial charge in [-0.3, -0.25) is 14.8 Å². The number of nitrogens with one attached hydrogen (secondary N) is 2. The summed E-state index contributed by atoms with van der Waals surface area (Å²) in [5.41, 5.74) is 2.67. The van der Waals surface area contributed by atoms with Gasteiger partial charge in [0.15, 0.2) is 0 Å². The van der Waals surface area contributed by atoms with Crippen molar-refractivity contribution in [2.45, 2.75) is 45.3 Å². The molecule has 3 heterocycles. The van der Waals surface area contributed by atoms with Crippen molar-refractivity contribution in [1.82, 2.24) is 25.6 Å². The van der Waals surface area contributed by atoms with Gasteiger partial charge in [0.05, 0.1) is 23.1 Å². The average Bonchev–Trinajstić information content (AvgIpc) is 2.89. The van der Waals surface area contributed by atoms with E-state index < -0.39 is 11.7 Å². The van der Waals surface area contributed by atoms with Crippen LogP contribution in [0.1, 0.15) is 37.3 Å². The summed E-state index contributed by atoms with van der Waals surface area (Å²) in [6.45, 7) is 5.19. The van der Waals surface area contributed by atoms with Gasteiger partial charge in [0, 0.05) is 49.1 Å². The maximum absolute atomic E-state index is 13.0. The number of piperidine rings is 1. The summed E-state index contributed by atoms with van der Waals surface area (Å²) in [4.78, 5) is 27.5. The monoisotopic (exact) mass is 514 g/mol. The summed E-state index contributed by atoms with van der Waals surface area (Å²) in [7, 11) is 3.75. The van der Waals surface area contributed by atoms with E-state index in [-0.39, 0.29) is 11.9 Å². The molecule has 1 aromatic carbocycles. The minimum atomic E-state index is -4.40. The summed E-state index contributed by atoms with van der Waals surface area (Å²) in [6, 6.07) is 6.95. The molecule has 1 amide bonds. The zero-order valence-electron chi connectivity index (χ0n) is 21.6. The van der Waals surface area contributed by atoms with Gasteiger partial charge in [0.25, 0.3) is 0 Å². The number of aromatic nitrogens is 3. The predicted molar refractivity (Wildman–Crippen MR) is 139 cm³/mol. The minimum absolute atomic E-state index is 0.0505. The van der Waals surface area contributed by atoms with Gasteiger partial charge in [0.2, 0.25) is 5.91 Å². The van der Waals surface area contributed by atoms with E-state index in [1.54, 1.807) is 18.6 Å². The highest BCUT2D eigenvalue weighted by molar-refractivity contribution is 5.80. The number of carbonyl (C=O) groups excluding carboxylic acids is 1. The Bertz CT molecular complexity index is 1180. The molecule has 37 heavy (non-hydrogen) atoms. The largest absolute Gasteiger partial charge is 0.416 e. The first kappa shape index (κ1) is 28.0. The highest BCUT2D eigenvalue weighted by Gasteiger charge is 2.30. The van der Waals surface area contributed by atoms with Crippen LogP contribution < -0.4 is 15.5 Å². The Morgan fingerprint density at radius 3 is 2.27 bits per heavy atom. The lowest BCUT2D eigenvalue weighted by Gasteiger charge is -2.33. The predicted octanol–water partition coefficient (Wildman–Crippen LogP) is 4.86. The van der Waals surface area contributed by atoms with Crippen molar-refractivity contribution < 1.29 is 18.0 Å². The first-order valence-corrected chi connectivity index (χ1v) is 12.3. The zero-order chi connectivity index (χ0) is 27.0. The first-order valence-electron chi connectivity index (χ1n) is 12.3. The molecule has 1 saturated heterocycles. The van der Waals surface area contributed by atoms with Crippen LogP contribution in [0.25, 0.3) is 22.5 Å². The third-order valence-corrected chi connectivity index (χ3v) is 6.03. The number of benzene rings is 1. The zero-order valence-corrected chi connectivity index (χ0v) is 21.6. The summed E-state index contributed by atoms with van der Waals surface area (Å²) < 4.78 is 39.1. The number of halogens is 3. The smallest absolute Gasteiger partial charge is 0.355 e. The normalized spacial score (nSPS) is 14.1. The van der Waals surface area contributed by atoms with Gasteiger partial charge in [-0.1, -0.05) is 19.1 Å². The molecule has 4 rings (SSSR count). The summed E-state index contributed by atoms with van der Waals surface area (Å²) >= 11 is 0. The number of hydrogen-bond donors (Lipinski definition) is 2. The summed E-state index contributed by atoms with van der Waals surface area (Å²) in [6.07, 6.45) is 2.72. The lowest BCUT2D eigenvalue weighted by atomic mass is 10.0. The highest BCUT2D eigenvalue weighted by atomic mass is 19.4. The second-order valence-corrected chi connectivity index (χ2v) is 8.87. The maximum Gasteiger partial charge on any atom is 0.416 e. The number of pyridine rings is 1. The van der Waals surface area contributed by atoms with E-state index >= 15 is 0 Å². The third kappa shape index (κ3) is 7.25. The van der Waals surface area contributed by atoms with Crippen LogP contribution in [0, 0.1) is 6.92 Å². The molecule has 2 aromatic heterocycles. The molecular weight excluding hydrogens is 481 g/mol. The number of aryl methyl sites for hydroxylation is 1. The fourth-order valence-corrected chi connectivity index (χ4v) is 4.07. The molecule has 198 valence electrons. The van der Waals surface area contributed by atoms with Gasteiger partial charge in [-0.15, -0.1) is 0 Å². The highest BCUT2D eigenvalue weighted by Crippen LogP contribution is 2.35. The molecular formula is C27H33F3N6O. The van der Waals surface area contributed by atoms with Gasteiger partial charge < -0.3 is 15.5 Å². The molecule has 7 nitrogen and oxygen atoms in total. The van der Waals surface area contributed by atoms with Gasteiger partial charge in [-0.05, 0) is 57.6 Å². The molecule has 0 saturated carbocycles. The van der Waals surface area contributed by atoms with Gasteiger partial charge in [0.1, 0.15) is 5.82 Å². The maximum atomic E-state index is 13.0.